The summed E-state index contributed by atoms with van der Waals surface area (Å²) in [6.07, 6.45) is -0.372. The van der Waals surface area contributed by atoms with Crippen LogP contribution in [0.4, 0.5) is 17.6 Å². The van der Waals surface area contributed by atoms with Crippen molar-refractivity contribution in [2.75, 3.05) is 12.8 Å². The van der Waals surface area contributed by atoms with Gasteiger partial charge in [0.15, 0.2) is 5.71 Å². The van der Waals surface area contributed by atoms with Crippen molar-refractivity contribution in [3.63, 3.8) is 0 Å². The summed E-state index contributed by atoms with van der Waals surface area (Å²) in [5, 5.41) is 2.79. The average molecular weight is 485 g/mol. The number of carbonyl (C=O) groups excluding carboxylic acids is 1. The molecule has 1 aliphatic rings. The van der Waals surface area contributed by atoms with Crippen molar-refractivity contribution in [3.05, 3.63) is 71.7 Å². The molecule has 0 aliphatic carbocycles. The van der Waals surface area contributed by atoms with Gasteiger partial charge in [0.1, 0.15) is 11.3 Å². The minimum absolute atomic E-state index is 0.124. The number of hydrogen-bond acceptors (Lipinski definition) is 4. The number of guanidine groups is 1. The van der Waals surface area contributed by atoms with Crippen LogP contribution in [0.1, 0.15) is 19.4 Å². The molecule has 0 saturated carbocycles. The highest BCUT2D eigenvalue weighted by Crippen LogP contribution is 2.28. The Hall–Kier alpha value is -3.46. The van der Waals surface area contributed by atoms with Crippen LogP contribution in [0.15, 0.2) is 71.2 Å². The van der Waals surface area contributed by atoms with E-state index in [4.69, 9.17) is 0 Å². The maximum absolute atomic E-state index is 13.7. The second kappa shape index (κ2) is 9.99. The average Bonchev–Trinajstić information content (AvgIpc) is 2.73. The zero-order chi connectivity index (χ0) is 24.9. The molecule has 1 aromatic carbocycles. The van der Waals surface area contributed by atoms with Crippen molar-refractivity contribution in [3.8, 4) is 0 Å². The Balaban J connectivity index is 2.64. The molecule has 1 heterocycles. The second-order valence-corrected chi connectivity index (χ2v) is 9.27. The molecule has 1 atom stereocenters. The third kappa shape index (κ3) is 6.29. The fourth-order valence-corrected chi connectivity index (χ4v) is 4.53. The highest BCUT2D eigenvalue weighted by Gasteiger charge is 2.49. The maximum atomic E-state index is 13.7. The zero-order valence-electron chi connectivity index (χ0n) is 17.9. The van der Waals surface area contributed by atoms with E-state index in [0.717, 1.165) is 16.5 Å². The number of isocyanates is 1. The van der Waals surface area contributed by atoms with Gasteiger partial charge in [0, 0.05) is 5.56 Å². The molecular formula is C21H21F4N4O3S+. The first-order valence-corrected chi connectivity index (χ1v) is 11.0. The largest absolute Gasteiger partial charge is 0.469 e. The number of aliphatic imine (C=N–C) groups is 1. The van der Waals surface area contributed by atoms with E-state index < -0.39 is 33.2 Å². The minimum Gasteiger partial charge on any atom is -0.252 e. The molecule has 12 heteroatoms. The van der Waals surface area contributed by atoms with Crippen LogP contribution in [-0.2, 0) is 14.8 Å². The summed E-state index contributed by atoms with van der Waals surface area (Å²) in [6.45, 7) is 2.94. The van der Waals surface area contributed by atoms with Crippen molar-refractivity contribution in [2.24, 2.45) is 4.99 Å². The topological polar surface area (TPSA) is 92.9 Å². The van der Waals surface area contributed by atoms with Gasteiger partial charge in [-0.2, -0.15) is 26.4 Å². The first-order valence-electron chi connectivity index (χ1n) is 9.41. The van der Waals surface area contributed by atoms with Crippen LogP contribution < -0.4 is 9.98 Å². The van der Waals surface area contributed by atoms with E-state index in [1.165, 1.54) is 57.3 Å². The lowest BCUT2D eigenvalue weighted by Crippen LogP contribution is -2.64. The van der Waals surface area contributed by atoms with Gasteiger partial charge in [0.05, 0.1) is 19.1 Å². The molecule has 1 aliphatic heterocycles. The summed E-state index contributed by atoms with van der Waals surface area (Å²) in [5.74, 6) is -0.790. The van der Waals surface area contributed by atoms with Crippen molar-refractivity contribution in [1.29, 1.82) is 0 Å². The Morgan fingerprint density at radius 2 is 1.94 bits per heavy atom. The highest BCUT2D eigenvalue weighted by atomic mass is 32.2. The lowest BCUT2D eigenvalue weighted by molar-refractivity contribution is -0.0580. The fraction of sp³-hybridized carbons (Fsp3) is 0.286. The standard InChI is InChI=1S/C21H20F4N4O3S/c1-15(20(2)13-33(31,32)29(3)19(28-20)26-14-30)12-17(10-7-11-22)27-18(21(23,24)25)16-8-5-4-6-9-16/h4-12H,13H2,1-3H3/p+1/b11-7+,15-12+,17-10+,27-18?/t20-/m0/s1. The number of allylic oxidation sites excluding steroid dienone is 3. The minimum atomic E-state index is -4.82. The van der Waals surface area contributed by atoms with Crippen LogP contribution in [0, 0.1) is 0 Å². The maximum Gasteiger partial charge on any atom is 0.469 e. The Morgan fingerprint density at radius 3 is 2.48 bits per heavy atom. The number of nitrogens with zero attached hydrogens (tertiary/aromatic N) is 3. The molecule has 2 rings (SSSR count). The molecule has 1 N–H and O–H groups in total. The van der Waals surface area contributed by atoms with Gasteiger partial charge in [-0.25, -0.2) is 9.38 Å². The molecular weight excluding hydrogens is 464 g/mol. The van der Waals surface area contributed by atoms with Crippen molar-refractivity contribution < 1.29 is 30.8 Å². The molecule has 0 bridgehead atoms. The molecule has 1 saturated heterocycles. The SMILES string of the molecule is C\C(=C/C(=C\C=C\F)N=C(c1ccccc1)C(F)(F)F)[C@]1(C)CS(=O)(=O)N(C)C(=[N+]=C=O)N1. The van der Waals surface area contributed by atoms with E-state index in [2.05, 4.69) is 15.0 Å². The Labute approximate surface area is 188 Å². The number of benzene rings is 1. The van der Waals surface area contributed by atoms with Crippen molar-refractivity contribution in [1.82, 2.24) is 14.3 Å². The number of rotatable bonds is 5. The van der Waals surface area contributed by atoms with Gasteiger partial charge in [-0.3, -0.25) is 5.32 Å². The van der Waals surface area contributed by atoms with E-state index in [9.17, 15) is 30.8 Å². The van der Waals surface area contributed by atoms with Gasteiger partial charge in [-0.1, -0.05) is 30.3 Å². The zero-order valence-corrected chi connectivity index (χ0v) is 18.7. The third-order valence-corrected chi connectivity index (χ3v) is 6.81. The van der Waals surface area contributed by atoms with Gasteiger partial charge in [-0.15, -0.1) is 8.97 Å². The number of halogens is 4. The molecule has 0 radical (unpaired) electrons. The van der Waals surface area contributed by atoms with Crippen LogP contribution in [0.2, 0.25) is 0 Å². The number of sulfonamides is 1. The Bertz CT molecular complexity index is 1210. The first kappa shape index (κ1) is 25.8. The normalized spacial score (nSPS) is 22.1. The van der Waals surface area contributed by atoms with Crippen LogP contribution in [0.3, 0.4) is 0 Å². The van der Waals surface area contributed by atoms with Gasteiger partial charge in [0.25, 0.3) is 10.0 Å². The molecule has 7 nitrogen and oxygen atoms in total. The molecule has 1 fully saturated rings. The lowest BCUT2D eigenvalue weighted by Gasteiger charge is -2.34. The predicted molar refractivity (Wildman–Crippen MR) is 117 cm³/mol. The highest BCUT2D eigenvalue weighted by molar-refractivity contribution is 7.89. The summed E-state index contributed by atoms with van der Waals surface area (Å²) in [7, 11) is -2.73. The van der Waals surface area contributed by atoms with Crippen LogP contribution in [0.25, 0.3) is 0 Å². The first-order chi connectivity index (χ1) is 15.3. The summed E-state index contributed by atoms with van der Waals surface area (Å²) in [4.78, 5) is 14.4. The number of nitrogens with one attached hydrogen (secondary N) is 1. The van der Waals surface area contributed by atoms with E-state index in [1.54, 1.807) is 6.07 Å². The van der Waals surface area contributed by atoms with Gasteiger partial charge in [-0.05, 0) is 37.6 Å². The number of alkyl halides is 3. The molecule has 1 aromatic rings. The summed E-state index contributed by atoms with van der Waals surface area (Å²) >= 11 is 0. The third-order valence-electron chi connectivity index (χ3n) is 4.86. The predicted octanol–water partition coefficient (Wildman–Crippen LogP) is 2.73. The number of hydrogen-bond donors (Lipinski definition) is 1. The second-order valence-electron chi connectivity index (χ2n) is 7.27. The molecule has 0 spiro atoms. The van der Waals surface area contributed by atoms with E-state index in [1.807, 2.05) is 0 Å². The van der Waals surface area contributed by atoms with E-state index in [-0.39, 0.29) is 29.1 Å². The Morgan fingerprint density at radius 1 is 1.30 bits per heavy atom. The quantitative estimate of drug-likeness (QED) is 0.228. The van der Waals surface area contributed by atoms with Crippen LogP contribution >= 0.6 is 0 Å². The monoisotopic (exact) mass is 485 g/mol. The van der Waals surface area contributed by atoms with Crippen LogP contribution in [-0.4, -0.2) is 55.0 Å². The summed E-state index contributed by atoms with van der Waals surface area (Å²) in [6, 6.07) is 6.85. The fourth-order valence-electron chi connectivity index (χ4n) is 2.96. The summed E-state index contributed by atoms with van der Waals surface area (Å²) < 4.78 is 83.0. The smallest absolute Gasteiger partial charge is 0.252 e. The molecule has 0 amide bonds. The van der Waals surface area contributed by atoms with Crippen molar-refractivity contribution in [2.45, 2.75) is 25.6 Å². The van der Waals surface area contributed by atoms with Gasteiger partial charge >= 0.3 is 18.2 Å². The molecule has 176 valence electrons. The Kier molecular flexibility index (Phi) is 7.81. The van der Waals surface area contributed by atoms with Gasteiger partial charge in [0.2, 0.25) is 0 Å². The molecule has 0 unspecified atom stereocenters. The molecule has 33 heavy (non-hydrogen) atoms. The van der Waals surface area contributed by atoms with Crippen molar-refractivity contribution >= 4 is 27.8 Å². The van der Waals surface area contributed by atoms with E-state index >= 15 is 0 Å². The van der Waals surface area contributed by atoms with Crippen LogP contribution in [0.5, 0.6) is 0 Å². The summed E-state index contributed by atoms with van der Waals surface area (Å²) in [5.41, 5.74) is -2.81. The van der Waals surface area contributed by atoms with E-state index in [0.29, 0.717) is 0 Å². The molecule has 0 aromatic heterocycles. The van der Waals surface area contributed by atoms with Gasteiger partial charge < -0.3 is 0 Å². The lowest BCUT2D eigenvalue weighted by atomic mass is 9.94.